The number of fused-ring (bicyclic) bond motifs is 18. The standard InChI is InChI=1S/C59H41N.C53H39N/c1-59(2)55-22-12-11-21-53(55)57-56(37-44-15-5-6-16-47(44)58(57)59)60(45-30-25-39(26-31-45)42-24-23-38-13-3-4-14-41(38)35-42)46-32-27-40(28-33-46)43-29-34-52-50-19-8-7-17-48(50)49-18-9-10-20-51(49)54(52)36-43;1-53(2)49-19-11-10-18-48(49)51-50(35-44-16-8-9-17-47(44)52(51)53)54(46-32-28-41(29-33-46)43-25-24-37-14-6-7-15-42(37)34-43)45-30-26-40(27-31-45)39-22-20-38(21-23-39)36-12-4-3-5-13-36/h3-37H,1-2H3;3-35H,1-2H3. The highest BCUT2D eigenvalue weighted by Crippen LogP contribution is 2.59. The van der Waals surface area contributed by atoms with E-state index in [1.165, 1.54) is 187 Å². The van der Waals surface area contributed by atoms with Gasteiger partial charge >= 0.3 is 0 Å². The third-order valence-corrected chi connectivity index (χ3v) is 24.6. The van der Waals surface area contributed by atoms with Crippen molar-refractivity contribution in [3.05, 3.63) is 435 Å². The van der Waals surface area contributed by atoms with E-state index in [1.807, 2.05) is 0 Å². The van der Waals surface area contributed by atoms with Gasteiger partial charge in [0.1, 0.15) is 0 Å². The van der Waals surface area contributed by atoms with Crippen LogP contribution in [-0.4, -0.2) is 0 Å². The summed E-state index contributed by atoms with van der Waals surface area (Å²) < 4.78 is 0. The zero-order chi connectivity index (χ0) is 76.2. The van der Waals surface area contributed by atoms with Gasteiger partial charge in [0.15, 0.2) is 0 Å². The lowest BCUT2D eigenvalue weighted by molar-refractivity contribution is 0.666. The van der Waals surface area contributed by atoms with Gasteiger partial charge in [0.05, 0.1) is 11.4 Å². The Kier molecular flexibility index (Phi) is 16.3. The van der Waals surface area contributed by atoms with Crippen LogP contribution in [0.4, 0.5) is 34.1 Å². The fraction of sp³-hybridized carbons (Fsp3) is 0.0536. The third kappa shape index (κ3) is 11.5. The molecule has 0 aromatic heterocycles. The molecule has 0 N–H and O–H groups in total. The summed E-state index contributed by atoms with van der Waals surface area (Å²) in [6, 6.07) is 152. The minimum atomic E-state index is -0.164. The Morgan fingerprint density at radius 3 is 0.833 bits per heavy atom. The van der Waals surface area contributed by atoms with E-state index in [1.54, 1.807) is 0 Å². The lowest BCUT2D eigenvalue weighted by atomic mass is 9.80. The summed E-state index contributed by atoms with van der Waals surface area (Å²) in [7, 11) is 0. The van der Waals surface area contributed by atoms with Gasteiger partial charge in [-0.3, -0.25) is 0 Å². The Hall–Kier alpha value is -14.2. The Labute approximate surface area is 666 Å². The van der Waals surface area contributed by atoms with Crippen LogP contribution in [-0.2, 0) is 10.8 Å². The first-order chi connectivity index (χ1) is 56.0. The monoisotopic (exact) mass is 1450 g/mol. The molecule has 0 unspecified atom stereocenters. The van der Waals surface area contributed by atoms with Crippen LogP contribution in [0.5, 0.6) is 0 Å². The Bertz CT molecular complexity index is 7140. The van der Waals surface area contributed by atoms with E-state index in [-0.39, 0.29) is 10.8 Å². The first kappa shape index (κ1) is 67.9. The molecule has 0 aliphatic heterocycles. The van der Waals surface area contributed by atoms with E-state index in [9.17, 15) is 0 Å². The predicted molar refractivity (Wildman–Crippen MR) is 487 cm³/mol. The largest absolute Gasteiger partial charge is 0.310 e. The molecule has 20 aromatic carbocycles. The normalized spacial score (nSPS) is 12.9. The summed E-state index contributed by atoms with van der Waals surface area (Å²) in [5.41, 5.74) is 29.4. The van der Waals surface area contributed by atoms with Gasteiger partial charge in [-0.1, -0.05) is 361 Å². The fourth-order valence-corrected chi connectivity index (χ4v) is 19.0. The average Bonchev–Trinajstić information content (AvgIpc) is 1.61. The van der Waals surface area contributed by atoms with Crippen LogP contribution >= 0.6 is 0 Å². The van der Waals surface area contributed by atoms with Crippen LogP contribution in [0.3, 0.4) is 0 Å². The van der Waals surface area contributed by atoms with Gasteiger partial charge in [-0.05, 0) is 243 Å². The van der Waals surface area contributed by atoms with Crippen LogP contribution in [0.2, 0.25) is 0 Å². The number of nitrogens with zero attached hydrogens (tertiary/aromatic N) is 2. The molecule has 2 aliphatic carbocycles. The van der Waals surface area contributed by atoms with Crippen molar-refractivity contribution in [3.63, 3.8) is 0 Å². The van der Waals surface area contributed by atoms with Crippen molar-refractivity contribution in [2.75, 3.05) is 9.80 Å². The second-order valence-corrected chi connectivity index (χ2v) is 31.9. The summed E-state index contributed by atoms with van der Waals surface area (Å²) in [4.78, 5) is 4.95. The van der Waals surface area contributed by atoms with Crippen LogP contribution in [0, 0.1) is 0 Å². The second-order valence-electron chi connectivity index (χ2n) is 31.9. The average molecular weight is 1450 g/mol. The summed E-state index contributed by atoms with van der Waals surface area (Å²) in [6.45, 7) is 9.55. The molecule has 0 spiro atoms. The van der Waals surface area contributed by atoms with Gasteiger partial charge in [0, 0.05) is 44.7 Å². The fourth-order valence-electron chi connectivity index (χ4n) is 19.0. The number of hydrogen-bond donors (Lipinski definition) is 0. The van der Waals surface area contributed by atoms with Crippen LogP contribution in [0.1, 0.15) is 49.9 Å². The van der Waals surface area contributed by atoms with Crippen molar-refractivity contribution in [1.29, 1.82) is 0 Å². The summed E-state index contributed by atoms with van der Waals surface area (Å²) in [6.07, 6.45) is 0. The molecule has 20 aromatic rings. The molecular weight excluding hydrogens is 1370 g/mol. The number of hydrogen-bond acceptors (Lipinski definition) is 2. The van der Waals surface area contributed by atoms with Crippen molar-refractivity contribution in [3.8, 4) is 77.9 Å². The minimum Gasteiger partial charge on any atom is -0.310 e. The van der Waals surface area contributed by atoms with Crippen LogP contribution < -0.4 is 9.80 Å². The van der Waals surface area contributed by atoms with Gasteiger partial charge < -0.3 is 9.80 Å². The van der Waals surface area contributed by atoms with Gasteiger partial charge in [-0.2, -0.15) is 0 Å². The van der Waals surface area contributed by atoms with Gasteiger partial charge in [-0.15, -0.1) is 0 Å². The van der Waals surface area contributed by atoms with Gasteiger partial charge in [-0.25, -0.2) is 0 Å². The van der Waals surface area contributed by atoms with E-state index in [0.29, 0.717) is 0 Å². The van der Waals surface area contributed by atoms with E-state index in [0.717, 1.165) is 22.7 Å². The molecule has 0 amide bonds. The van der Waals surface area contributed by atoms with Gasteiger partial charge in [0.25, 0.3) is 0 Å². The molecule has 2 heteroatoms. The molecule has 2 aliphatic rings. The van der Waals surface area contributed by atoms with Crippen LogP contribution in [0.15, 0.2) is 413 Å². The topological polar surface area (TPSA) is 6.48 Å². The van der Waals surface area contributed by atoms with Crippen molar-refractivity contribution in [2.24, 2.45) is 0 Å². The third-order valence-electron chi connectivity index (χ3n) is 24.6. The number of rotatable bonds is 11. The molecular formula is C112H80N2. The molecule has 22 rings (SSSR count). The molecule has 0 radical (unpaired) electrons. The number of benzene rings is 20. The highest BCUT2D eigenvalue weighted by Gasteiger charge is 2.41. The molecule has 0 bridgehead atoms. The van der Waals surface area contributed by atoms with Crippen LogP contribution in [0.25, 0.3) is 153 Å². The lowest BCUT2D eigenvalue weighted by Crippen LogP contribution is -2.16. The molecule has 0 atom stereocenters. The first-order valence-corrected chi connectivity index (χ1v) is 39.8. The molecule has 0 heterocycles. The Balaban J connectivity index is 0.000000144. The quantitative estimate of drug-likeness (QED) is 0.119. The highest BCUT2D eigenvalue weighted by atomic mass is 15.2. The zero-order valence-electron chi connectivity index (χ0n) is 64.2. The SMILES string of the molecule is CC1(C)c2ccccc2-c2c(N(c3ccc(-c4ccc(-c5ccccc5)cc4)cc3)c3ccc(-c4ccc5ccccc5c4)cc3)cc3ccccc3c21.CC1(C)c2ccccc2-c2c(N(c3ccc(-c4ccc5ccccc5c4)cc3)c3ccc(-c4ccc5c6ccccc6c6ccccc6c5c4)cc3)cc3ccccc3c21. The molecule has 0 fully saturated rings. The predicted octanol–water partition coefficient (Wildman–Crippen LogP) is 31.3. The maximum atomic E-state index is 2.48. The Morgan fingerprint density at radius 1 is 0.175 bits per heavy atom. The van der Waals surface area contributed by atoms with E-state index >= 15 is 0 Å². The molecule has 114 heavy (non-hydrogen) atoms. The molecule has 0 saturated heterocycles. The van der Waals surface area contributed by atoms with Crippen molar-refractivity contribution in [2.45, 2.75) is 38.5 Å². The van der Waals surface area contributed by atoms with Crippen molar-refractivity contribution >= 4 is 110 Å². The van der Waals surface area contributed by atoms with E-state index < -0.39 is 0 Å². The highest BCUT2D eigenvalue weighted by molar-refractivity contribution is 6.26. The maximum absolute atomic E-state index is 2.48. The second kappa shape index (κ2) is 27.4. The number of anilines is 6. The summed E-state index contributed by atoms with van der Waals surface area (Å²) >= 11 is 0. The molecule has 2 nitrogen and oxygen atoms in total. The summed E-state index contributed by atoms with van der Waals surface area (Å²) in [5.74, 6) is 0. The molecule has 538 valence electrons. The van der Waals surface area contributed by atoms with Gasteiger partial charge in [0.2, 0.25) is 0 Å². The maximum Gasteiger partial charge on any atom is 0.0549 e. The lowest BCUT2D eigenvalue weighted by Gasteiger charge is -2.30. The smallest absolute Gasteiger partial charge is 0.0549 e. The minimum absolute atomic E-state index is 0.150. The zero-order valence-corrected chi connectivity index (χ0v) is 64.2. The van der Waals surface area contributed by atoms with Crippen molar-refractivity contribution in [1.82, 2.24) is 0 Å². The van der Waals surface area contributed by atoms with E-state index in [4.69, 9.17) is 0 Å². The summed E-state index contributed by atoms with van der Waals surface area (Å²) in [5, 5.41) is 17.9. The first-order valence-electron chi connectivity index (χ1n) is 39.8. The van der Waals surface area contributed by atoms with E-state index in [2.05, 4.69) is 450 Å². The van der Waals surface area contributed by atoms with Crippen molar-refractivity contribution < 1.29 is 0 Å². The Morgan fingerprint density at radius 2 is 0.439 bits per heavy atom. The molecule has 0 saturated carbocycles.